The largest absolute Gasteiger partial charge is 0.364 e. The van der Waals surface area contributed by atoms with E-state index in [4.69, 9.17) is 9.42 Å². The molecule has 1 heterocycles. The summed E-state index contributed by atoms with van der Waals surface area (Å²) in [6, 6.07) is 1.18. The summed E-state index contributed by atoms with van der Waals surface area (Å²) in [5, 5.41) is 2.98. The molecule has 1 unspecified atom stereocenters. The van der Waals surface area contributed by atoms with E-state index in [0.29, 0.717) is 18.7 Å². The van der Waals surface area contributed by atoms with E-state index in [1.807, 2.05) is 6.92 Å². The summed E-state index contributed by atoms with van der Waals surface area (Å²) < 4.78 is 29.9. The Balaban J connectivity index is 2.05. The molecule has 1 saturated carbocycles. The van der Waals surface area contributed by atoms with Crippen molar-refractivity contribution in [2.24, 2.45) is 5.92 Å². The van der Waals surface area contributed by atoms with Crippen molar-refractivity contribution < 1.29 is 18.4 Å². The Labute approximate surface area is 111 Å². The van der Waals surface area contributed by atoms with Crippen LogP contribution in [0.3, 0.4) is 0 Å². The maximum atomic E-state index is 14.3. The Bertz CT molecular complexity index is 436. The van der Waals surface area contributed by atoms with Crippen LogP contribution in [-0.4, -0.2) is 33.2 Å². The van der Waals surface area contributed by atoms with E-state index in [2.05, 4.69) is 15.3 Å². The van der Waals surface area contributed by atoms with Crippen molar-refractivity contribution in [1.29, 1.82) is 0 Å². The van der Waals surface area contributed by atoms with Crippen LogP contribution in [0.25, 0.3) is 0 Å². The highest BCUT2D eigenvalue weighted by atomic mass is 31.1. The summed E-state index contributed by atoms with van der Waals surface area (Å²) in [5.74, 6) is 0.463. The van der Waals surface area contributed by atoms with Gasteiger partial charge in [-0.3, -0.25) is 4.57 Å². The van der Waals surface area contributed by atoms with Gasteiger partial charge in [0, 0.05) is 6.20 Å². The molecular formula is C11H17FN3O3P. The van der Waals surface area contributed by atoms with Crippen molar-refractivity contribution in [3.8, 4) is 0 Å². The van der Waals surface area contributed by atoms with E-state index < -0.39 is 26.6 Å². The van der Waals surface area contributed by atoms with Gasteiger partial charge in [0.1, 0.15) is 24.4 Å². The molecule has 1 aliphatic carbocycles. The van der Waals surface area contributed by atoms with Gasteiger partial charge in [-0.15, -0.1) is 0 Å². The molecule has 1 aromatic rings. The van der Waals surface area contributed by atoms with E-state index in [-0.39, 0.29) is 5.92 Å². The standard InChI is InChI=1S/C11H17FN3O3P/c1-2-7-5-8(10(12)11(7)18-19(16)17)15-9-3-4-13-6-14-9/h3-4,6-8,10-11,19H,2,5H2,1H3,(H,16,17)(H,13,14,15)/t7-,8+,10+,11+/m0/s1. The van der Waals surface area contributed by atoms with Crippen molar-refractivity contribution >= 4 is 14.1 Å². The van der Waals surface area contributed by atoms with Crippen molar-refractivity contribution in [3.63, 3.8) is 0 Å². The average molecular weight is 289 g/mol. The van der Waals surface area contributed by atoms with Gasteiger partial charge < -0.3 is 14.7 Å². The molecule has 19 heavy (non-hydrogen) atoms. The summed E-state index contributed by atoms with van der Waals surface area (Å²) in [6.45, 7) is 1.91. The molecule has 1 aromatic heterocycles. The first-order valence-electron chi connectivity index (χ1n) is 6.18. The van der Waals surface area contributed by atoms with Gasteiger partial charge in [-0.2, -0.15) is 0 Å². The lowest BCUT2D eigenvalue weighted by Crippen LogP contribution is -2.32. The van der Waals surface area contributed by atoms with Crippen LogP contribution >= 0.6 is 8.25 Å². The average Bonchev–Trinajstić information content (AvgIpc) is 2.68. The number of halogens is 1. The molecule has 2 N–H and O–H groups in total. The predicted octanol–water partition coefficient (Wildman–Crippen LogP) is 1.79. The summed E-state index contributed by atoms with van der Waals surface area (Å²) in [7, 11) is -3.13. The molecule has 106 valence electrons. The van der Waals surface area contributed by atoms with Gasteiger partial charge in [-0.05, 0) is 18.4 Å². The van der Waals surface area contributed by atoms with E-state index in [1.54, 1.807) is 12.3 Å². The second kappa shape index (κ2) is 6.41. The predicted molar refractivity (Wildman–Crippen MR) is 68.8 cm³/mol. The molecule has 1 aliphatic rings. The van der Waals surface area contributed by atoms with Crippen LogP contribution in [0.5, 0.6) is 0 Å². The molecule has 2 rings (SSSR count). The third-order valence-corrected chi connectivity index (χ3v) is 3.87. The lowest BCUT2D eigenvalue weighted by atomic mass is 10.0. The lowest BCUT2D eigenvalue weighted by Gasteiger charge is -2.19. The van der Waals surface area contributed by atoms with E-state index in [9.17, 15) is 8.96 Å². The van der Waals surface area contributed by atoms with E-state index >= 15 is 0 Å². The van der Waals surface area contributed by atoms with Gasteiger partial charge in [0.25, 0.3) is 0 Å². The molecule has 0 amide bonds. The first-order valence-corrected chi connectivity index (χ1v) is 7.44. The van der Waals surface area contributed by atoms with Gasteiger partial charge in [0.15, 0.2) is 0 Å². The van der Waals surface area contributed by atoms with E-state index in [1.165, 1.54) is 6.33 Å². The third-order valence-electron chi connectivity index (χ3n) is 3.40. The fraction of sp³-hybridized carbons (Fsp3) is 0.636. The molecule has 0 aromatic carbocycles. The molecule has 1 fully saturated rings. The summed E-state index contributed by atoms with van der Waals surface area (Å²) in [4.78, 5) is 16.6. The second-order valence-corrected chi connectivity index (χ2v) is 5.31. The number of anilines is 1. The number of rotatable bonds is 5. The minimum atomic E-state index is -3.13. The lowest BCUT2D eigenvalue weighted by molar-refractivity contribution is 0.0839. The molecule has 0 spiro atoms. The monoisotopic (exact) mass is 289 g/mol. The van der Waals surface area contributed by atoms with Crippen LogP contribution in [0, 0.1) is 5.92 Å². The Morgan fingerprint density at radius 2 is 2.47 bits per heavy atom. The maximum absolute atomic E-state index is 14.3. The summed E-state index contributed by atoms with van der Waals surface area (Å²) >= 11 is 0. The number of hydrogen-bond donors (Lipinski definition) is 2. The molecule has 0 saturated heterocycles. The minimum Gasteiger partial charge on any atom is -0.364 e. The Kier molecular flexibility index (Phi) is 4.85. The van der Waals surface area contributed by atoms with Crippen LogP contribution in [0.1, 0.15) is 19.8 Å². The molecular weight excluding hydrogens is 272 g/mol. The van der Waals surface area contributed by atoms with Crippen molar-refractivity contribution in [3.05, 3.63) is 18.6 Å². The first-order chi connectivity index (χ1) is 9.11. The first kappa shape index (κ1) is 14.4. The maximum Gasteiger partial charge on any atom is 0.316 e. The molecule has 0 radical (unpaired) electrons. The SMILES string of the molecule is CC[C@H]1C[C@@H](Nc2ccncn2)[C@@H](F)[C@@H]1O[PH](=O)O. The second-order valence-electron chi connectivity index (χ2n) is 4.54. The zero-order valence-corrected chi connectivity index (χ0v) is 11.5. The number of aromatic nitrogens is 2. The Hall–Kier alpha value is -1.04. The summed E-state index contributed by atoms with van der Waals surface area (Å²) in [6.07, 6.45) is 2.02. The third kappa shape index (κ3) is 3.49. The smallest absolute Gasteiger partial charge is 0.316 e. The van der Waals surface area contributed by atoms with Gasteiger partial charge in [0.2, 0.25) is 0 Å². The highest BCUT2D eigenvalue weighted by molar-refractivity contribution is 7.32. The van der Waals surface area contributed by atoms with Crippen LogP contribution < -0.4 is 5.32 Å². The highest BCUT2D eigenvalue weighted by Gasteiger charge is 2.44. The molecule has 5 atom stereocenters. The van der Waals surface area contributed by atoms with Crippen molar-refractivity contribution in [1.82, 2.24) is 9.97 Å². The summed E-state index contributed by atoms with van der Waals surface area (Å²) in [5.41, 5.74) is 0. The van der Waals surface area contributed by atoms with E-state index in [0.717, 1.165) is 0 Å². The number of alkyl halides is 1. The van der Waals surface area contributed by atoms with Crippen LogP contribution in [-0.2, 0) is 9.09 Å². The number of nitrogens with zero attached hydrogens (tertiary/aromatic N) is 2. The van der Waals surface area contributed by atoms with Crippen LogP contribution in [0.4, 0.5) is 10.2 Å². The zero-order valence-electron chi connectivity index (χ0n) is 10.5. The molecule has 6 nitrogen and oxygen atoms in total. The topological polar surface area (TPSA) is 84.3 Å². The fourth-order valence-electron chi connectivity index (χ4n) is 2.46. The van der Waals surface area contributed by atoms with Crippen molar-refractivity contribution in [2.75, 3.05) is 5.32 Å². The van der Waals surface area contributed by atoms with Crippen LogP contribution in [0.2, 0.25) is 0 Å². The van der Waals surface area contributed by atoms with Gasteiger partial charge in [-0.25, -0.2) is 14.4 Å². The number of hydrogen-bond acceptors (Lipinski definition) is 5. The molecule has 0 aliphatic heterocycles. The zero-order chi connectivity index (χ0) is 13.8. The highest BCUT2D eigenvalue weighted by Crippen LogP contribution is 2.39. The molecule has 8 heteroatoms. The Morgan fingerprint density at radius 1 is 1.68 bits per heavy atom. The Morgan fingerprint density at radius 3 is 3.05 bits per heavy atom. The van der Waals surface area contributed by atoms with Gasteiger partial charge >= 0.3 is 8.25 Å². The van der Waals surface area contributed by atoms with Crippen molar-refractivity contribution in [2.45, 2.75) is 38.1 Å². The van der Waals surface area contributed by atoms with Gasteiger partial charge in [0.05, 0.1) is 6.04 Å². The van der Waals surface area contributed by atoms with Gasteiger partial charge in [-0.1, -0.05) is 13.3 Å². The quantitative estimate of drug-likeness (QED) is 0.804. The molecule has 0 bridgehead atoms. The van der Waals surface area contributed by atoms with Crippen LogP contribution in [0.15, 0.2) is 18.6 Å². The number of nitrogens with one attached hydrogen (secondary N) is 1. The minimum absolute atomic E-state index is 0.0737. The normalized spacial score (nSPS) is 32.2. The fourth-order valence-corrected chi connectivity index (χ4v) is 3.02.